The Morgan fingerprint density at radius 2 is 2.22 bits per heavy atom. The van der Waals surface area contributed by atoms with Gasteiger partial charge in [0.05, 0.1) is 5.69 Å². The third-order valence-electron chi connectivity index (χ3n) is 3.43. The topological polar surface area (TPSA) is 71.2 Å². The Bertz CT molecular complexity index is 441. The lowest BCUT2D eigenvalue weighted by atomic mass is 9.93. The van der Waals surface area contributed by atoms with Crippen LogP contribution in [-0.2, 0) is 0 Å². The number of piperidine rings is 1. The molecule has 1 atom stereocenters. The van der Waals surface area contributed by atoms with Crippen LogP contribution in [0.15, 0.2) is 0 Å². The Morgan fingerprint density at radius 3 is 2.78 bits per heavy atom. The van der Waals surface area contributed by atoms with Crippen LogP contribution >= 0.6 is 0 Å². The van der Waals surface area contributed by atoms with Crippen LogP contribution in [0.25, 0.3) is 0 Å². The second-order valence-electron chi connectivity index (χ2n) is 5.27. The zero-order valence-corrected chi connectivity index (χ0v) is 11.1. The molecule has 18 heavy (non-hydrogen) atoms. The molecule has 0 aromatic carbocycles. The average Bonchev–Trinajstić information content (AvgIpc) is 2.73. The highest BCUT2D eigenvalue weighted by Gasteiger charge is 2.29. The number of likely N-dealkylation sites (N-methyl/N-ethyl adjacent to an activating group) is 1. The fourth-order valence-corrected chi connectivity index (χ4v) is 2.60. The number of carboxylic acids is 1. The van der Waals surface area contributed by atoms with Gasteiger partial charge in [0, 0.05) is 18.5 Å². The number of likely N-dealkylation sites (tertiary alicyclic amines) is 1. The lowest BCUT2D eigenvalue weighted by Crippen LogP contribution is -2.32. The first-order valence-corrected chi connectivity index (χ1v) is 6.37. The van der Waals surface area contributed by atoms with Gasteiger partial charge in [0.25, 0.3) is 0 Å². The molecule has 1 N–H and O–H groups in total. The van der Waals surface area contributed by atoms with Crippen molar-refractivity contribution >= 4 is 5.97 Å². The van der Waals surface area contributed by atoms with Crippen LogP contribution in [0, 0.1) is 0 Å². The molecule has 1 aromatic rings. The van der Waals surface area contributed by atoms with E-state index in [1.54, 1.807) is 4.68 Å². The minimum atomic E-state index is -0.981. The van der Waals surface area contributed by atoms with Crippen LogP contribution in [-0.4, -0.2) is 51.1 Å². The zero-order chi connectivity index (χ0) is 13.3. The van der Waals surface area contributed by atoms with E-state index in [9.17, 15) is 9.90 Å². The molecule has 0 spiro atoms. The molecule has 100 valence electrons. The fraction of sp³-hybridized carbons (Fsp3) is 0.750. The summed E-state index contributed by atoms with van der Waals surface area (Å²) in [4.78, 5) is 13.5. The van der Waals surface area contributed by atoms with E-state index in [0.29, 0.717) is 0 Å². The highest BCUT2D eigenvalue weighted by Crippen LogP contribution is 2.29. The van der Waals surface area contributed by atoms with Crippen molar-refractivity contribution in [3.63, 3.8) is 0 Å². The van der Waals surface area contributed by atoms with Crippen molar-refractivity contribution in [2.24, 2.45) is 0 Å². The molecule has 1 aliphatic heterocycles. The molecule has 0 saturated carbocycles. The molecule has 0 aliphatic carbocycles. The highest BCUT2D eigenvalue weighted by atomic mass is 16.4. The summed E-state index contributed by atoms with van der Waals surface area (Å²) >= 11 is 0. The zero-order valence-electron chi connectivity index (χ0n) is 11.1. The van der Waals surface area contributed by atoms with Crippen molar-refractivity contribution in [3.05, 3.63) is 11.4 Å². The van der Waals surface area contributed by atoms with E-state index in [1.165, 1.54) is 0 Å². The molecule has 1 aromatic heterocycles. The third kappa shape index (κ3) is 2.38. The quantitative estimate of drug-likeness (QED) is 0.879. The lowest BCUT2D eigenvalue weighted by Gasteiger charge is -2.30. The van der Waals surface area contributed by atoms with E-state index in [0.717, 1.165) is 31.6 Å². The summed E-state index contributed by atoms with van der Waals surface area (Å²) in [7, 11) is 2.07. The Kier molecular flexibility index (Phi) is 3.65. The molecule has 2 rings (SSSR count). The van der Waals surface area contributed by atoms with Crippen molar-refractivity contribution in [2.75, 3.05) is 20.1 Å². The summed E-state index contributed by atoms with van der Waals surface area (Å²) in [6, 6.07) is 0.132. The predicted octanol–water partition coefficient (Wildman–Crippen LogP) is 1.37. The normalized spacial score (nSPS) is 21.4. The standard InChI is InChI=1S/C12H20N4O2/c1-8(2)16-11(10(12(17)18)13-14-16)9-5-4-6-15(3)7-9/h8-9H,4-7H2,1-3H3,(H,17,18). The van der Waals surface area contributed by atoms with E-state index < -0.39 is 5.97 Å². The molecule has 1 saturated heterocycles. The van der Waals surface area contributed by atoms with Crippen molar-refractivity contribution in [2.45, 2.75) is 38.6 Å². The monoisotopic (exact) mass is 252 g/mol. The summed E-state index contributed by atoms with van der Waals surface area (Å²) in [6.45, 7) is 5.94. The molecule has 0 amide bonds. The minimum Gasteiger partial charge on any atom is -0.476 e. The summed E-state index contributed by atoms with van der Waals surface area (Å²) in [6.07, 6.45) is 2.09. The maximum atomic E-state index is 11.3. The lowest BCUT2D eigenvalue weighted by molar-refractivity contribution is 0.0687. The molecule has 2 heterocycles. The molecular weight excluding hydrogens is 232 g/mol. The van der Waals surface area contributed by atoms with Crippen LogP contribution in [0.2, 0.25) is 0 Å². The Balaban J connectivity index is 2.39. The number of aromatic carboxylic acids is 1. The summed E-state index contributed by atoms with van der Waals surface area (Å²) in [5.74, 6) is -0.766. The number of nitrogens with zero attached hydrogens (tertiary/aromatic N) is 4. The number of rotatable bonds is 3. The van der Waals surface area contributed by atoms with Gasteiger partial charge in [-0.25, -0.2) is 9.48 Å². The van der Waals surface area contributed by atoms with E-state index in [2.05, 4.69) is 22.3 Å². The highest BCUT2D eigenvalue weighted by molar-refractivity contribution is 5.86. The van der Waals surface area contributed by atoms with Gasteiger partial charge >= 0.3 is 5.97 Å². The summed E-state index contributed by atoms with van der Waals surface area (Å²) in [5, 5.41) is 17.1. The number of carboxylic acid groups (broad SMARTS) is 1. The Hall–Kier alpha value is -1.43. The van der Waals surface area contributed by atoms with Crippen molar-refractivity contribution in [1.29, 1.82) is 0 Å². The smallest absolute Gasteiger partial charge is 0.358 e. The number of hydrogen-bond acceptors (Lipinski definition) is 4. The molecule has 1 unspecified atom stereocenters. The minimum absolute atomic E-state index is 0.115. The summed E-state index contributed by atoms with van der Waals surface area (Å²) in [5.41, 5.74) is 0.896. The van der Waals surface area contributed by atoms with Gasteiger partial charge in [0.2, 0.25) is 0 Å². The van der Waals surface area contributed by atoms with Crippen LogP contribution in [0.3, 0.4) is 0 Å². The molecule has 0 bridgehead atoms. The van der Waals surface area contributed by atoms with Gasteiger partial charge in [0.15, 0.2) is 5.69 Å². The van der Waals surface area contributed by atoms with Crippen molar-refractivity contribution in [3.8, 4) is 0 Å². The molecule has 0 radical (unpaired) electrons. The van der Waals surface area contributed by atoms with E-state index in [4.69, 9.17) is 0 Å². The number of carbonyl (C=O) groups is 1. The van der Waals surface area contributed by atoms with Crippen LogP contribution in [0.1, 0.15) is 54.8 Å². The molecule has 6 nitrogen and oxygen atoms in total. The average molecular weight is 252 g/mol. The first kappa shape index (κ1) is 13.0. The molecule has 1 fully saturated rings. The van der Waals surface area contributed by atoms with E-state index in [-0.39, 0.29) is 17.7 Å². The van der Waals surface area contributed by atoms with Gasteiger partial charge in [-0.15, -0.1) is 5.10 Å². The maximum Gasteiger partial charge on any atom is 0.358 e. The van der Waals surface area contributed by atoms with Crippen molar-refractivity contribution in [1.82, 2.24) is 19.9 Å². The fourth-order valence-electron chi connectivity index (χ4n) is 2.60. The second kappa shape index (κ2) is 5.06. The van der Waals surface area contributed by atoms with Crippen molar-refractivity contribution < 1.29 is 9.90 Å². The Morgan fingerprint density at radius 1 is 1.50 bits per heavy atom. The van der Waals surface area contributed by atoms with Gasteiger partial charge in [-0.05, 0) is 40.3 Å². The first-order valence-electron chi connectivity index (χ1n) is 6.37. The van der Waals surface area contributed by atoms with Crippen LogP contribution in [0.4, 0.5) is 0 Å². The van der Waals surface area contributed by atoms with E-state index in [1.807, 2.05) is 13.8 Å². The second-order valence-corrected chi connectivity index (χ2v) is 5.27. The molecule has 6 heteroatoms. The number of hydrogen-bond donors (Lipinski definition) is 1. The summed E-state index contributed by atoms with van der Waals surface area (Å²) < 4.78 is 1.76. The molecular formula is C12H20N4O2. The predicted molar refractivity (Wildman–Crippen MR) is 66.8 cm³/mol. The SMILES string of the molecule is CC(C)n1nnc(C(=O)O)c1C1CCCN(C)C1. The Labute approximate surface area is 107 Å². The van der Waals surface area contributed by atoms with E-state index >= 15 is 0 Å². The van der Waals surface area contributed by atoms with Crippen LogP contribution < -0.4 is 0 Å². The van der Waals surface area contributed by atoms with Gasteiger partial charge in [-0.1, -0.05) is 5.21 Å². The molecule has 1 aliphatic rings. The van der Waals surface area contributed by atoms with Gasteiger partial charge < -0.3 is 10.0 Å². The number of aromatic nitrogens is 3. The van der Waals surface area contributed by atoms with Crippen LogP contribution in [0.5, 0.6) is 0 Å². The third-order valence-corrected chi connectivity index (χ3v) is 3.43. The van der Waals surface area contributed by atoms with Gasteiger partial charge in [-0.3, -0.25) is 0 Å². The van der Waals surface area contributed by atoms with Gasteiger partial charge in [-0.2, -0.15) is 0 Å². The maximum absolute atomic E-state index is 11.3. The van der Waals surface area contributed by atoms with Gasteiger partial charge in [0.1, 0.15) is 0 Å². The first-order chi connectivity index (χ1) is 8.50. The largest absolute Gasteiger partial charge is 0.476 e.